The molecule has 21 heavy (non-hydrogen) atoms. The molecule has 0 radical (unpaired) electrons. The first-order valence-corrected chi connectivity index (χ1v) is 7.14. The molecule has 0 unspecified atom stereocenters. The number of aryl methyl sites for hydroxylation is 1. The van der Waals surface area contributed by atoms with Gasteiger partial charge in [0.25, 0.3) is 0 Å². The van der Waals surface area contributed by atoms with E-state index in [1.165, 1.54) is 11.6 Å². The van der Waals surface area contributed by atoms with Crippen LogP contribution in [0, 0.1) is 6.92 Å². The predicted octanol–water partition coefficient (Wildman–Crippen LogP) is 2.52. The van der Waals surface area contributed by atoms with Gasteiger partial charge >= 0.3 is 5.97 Å². The summed E-state index contributed by atoms with van der Waals surface area (Å²) in [5.74, 6) is -0.967. The molecule has 5 nitrogen and oxygen atoms in total. The predicted molar refractivity (Wildman–Crippen MR) is 80.3 cm³/mol. The van der Waals surface area contributed by atoms with Crippen molar-refractivity contribution in [2.75, 3.05) is 13.6 Å². The molecular weight excluding hydrogens is 290 g/mol. The Morgan fingerprint density at radius 1 is 1.43 bits per heavy atom. The number of rotatable bonds is 2. The molecule has 2 aromatic rings. The maximum atomic E-state index is 11.2. The molecule has 2 heterocycles. The van der Waals surface area contributed by atoms with Crippen LogP contribution in [-0.4, -0.2) is 39.3 Å². The van der Waals surface area contributed by atoms with Gasteiger partial charge in [-0.15, -0.1) is 0 Å². The summed E-state index contributed by atoms with van der Waals surface area (Å²) in [4.78, 5) is 13.4. The zero-order chi connectivity index (χ0) is 15.1. The van der Waals surface area contributed by atoms with Crippen molar-refractivity contribution in [2.45, 2.75) is 19.9 Å². The lowest BCUT2D eigenvalue weighted by Crippen LogP contribution is -2.27. The maximum Gasteiger partial charge on any atom is 0.335 e. The van der Waals surface area contributed by atoms with E-state index in [-0.39, 0.29) is 5.56 Å². The molecule has 0 spiro atoms. The van der Waals surface area contributed by atoms with E-state index < -0.39 is 5.97 Å². The third kappa shape index (κ3) is 2.43. The van der Waals surface area contributed by atoms with Crippen molar-refractivity contribution < 1.29 is 9.90 Å². The molecular formula is C15H16ClN3O2. The van der Waals surface area contributed by atoms with Gasteiger partial charge in [0, 0.05) is 25.1 Å². The molecule has 3 rings (SSSR count). The van der Waals surface area contributed by atoms with Crippen molar-refractivity contribution in [1.29, 1.82) is 0 Å². The standard InChI is InChI=1S/C15H16ClN3O2/c1-9-11-8-18(2)6-5-13(11)19(17-9)14-7-10(15(20)21)3-4-12(14)16/h3-4,7H,5-6,8H2,1-2H3,(H,20,21). The van der Waals surface area contributed by atoms with Crippen molar-refractivity contribution >= 4 is 17.6 Å². The lowest BCUT2D eigenvalue weighted by molar-refractivity contribution is 0.0697. The molecule has 1 aromatic heterocycles. The lowest BCUT2D eigenvalue weighted by atomic mass is 10.1. The summed E-state index contributed by atoms with van der Waals surface area (Å²) < 4.78 is 1.80. The molecule has 0 bridgehead atoms. The van der Waals surface area contributed by atoms with Crippen molar-refractivity contribution in [1.82, 2.24) is 14.7 Å². The molecule has 1 N–H and O–H groups in total. The van der Waals surface area contributed by atoms with Gasteiger partial charge in [0.2, 0.25) is 0 Å². The molecule has 1 aromatic carbocycles. The highest BCUT2D eigenvalue weighted by molar-refractivity contribution is 6.32. The molecule has 0 saturated heterocycles. The summed E-state index contributed by atoms with van der Waals surface area (Å²) >= 11 is 6.25. The lowest BCUT2D eigenvalue weighted by Gasteiger charge is -2.23. The quantitative estimate of drug-likeness (QED) is 0.926. The minimum absolute atomic E-state index is 0.212. The summed E-state index contributed by atoms with van der Waals surface area (Å²) in [7, 11) is 2.08. The number of hydrogen-bond acceptors (Lipinski definition) is 3. The minimum atomic E-state index is -0.967. The molecule has 0 atom stereocenters. The fraction of sp³-hybridized carbons (Fsp3) is 0.333. The Morgan fingerprint density at radius 2 is 2.19 bits per heavy atom. The molecule has 1 aliphatic rings. The van der Waals surface area contributed by atoms with Crippen LogP contribution in [0.4, 0.5) is 0 Å². The number of fused-ring (bicyclic) bond motifs is 1. The Balaban J connectivity index is 2.16. The van der Waals surface area contributed by atoms with Crippen LogP contribution in [0.1, 0.15) is 27.3 Å². The van der Waals surface area contributed by atoms with E-state index in [1.54, 1.807) is 16.8 Å². The normalized spacial score (nSPS) is 15.0. The number of halogens is 1. The molecule has 110 valence electrons. The number of hydrogen-bond donors (Lipinski definition) is 1. The first-order chi connectivity index (χ1) is 9.97. The first-order valence-electron chi connectivity index (χ1n) is 6.76. The molecule has 0 fully saturated rings. The van der Waals surface area contributed by atoms with Crippen molar-refractivity contribution in [3.05, 3.63) is 45.7 Å². The number of nitrogens with zero attached hydrogens (tertiary/aromatic N) is 3. The average Bonchev–Trinajstić information content (AvgIpc) is 2.76. The number of likely N-dealkylation sites (N-methyl/N-ethyl adjacent to an activating group) is 1. The Kier molecular flexibility index (Phi) is 3.47. The second kappa shape index (κ2) is 5.16. The number of carboxylic acid groups (broad SMARTS) is 1. The molecule has 0 amide bonds. The largest absolute Gasteiger partial charge is 0.478 e. The van der Waals surface area contributed by atoms with E-state index in [1.807, 2.05) is 6.92 Å². The monoisotopic (exact) mass is 305 g/mol. The summed E-state index contributed by atoms with van der Waals surface area (Å²) in [6.45, 7) is 3.79. The molecule has 0 saturated carbocycles. The SMILES string of the molecule is Cc1nn(-c2cc(C(=O)O)ccc2Cl)c2c1CN(C)CC2. The Morgan fingerprint density at radius 3 is 2.90 bits per heavy atom. The zero-order valence-electron chi connectivity index (χ0n) is 11.9. The van der Waals surface area contributed by atoms with Gasteiger partial charge in [-0.3, -0.25) is 0 Å². The van der Waals surface area contributed by atoms with Gasteiger partial charge in [-0.25, -0.2) is 9.48 Å². The zero-order valence-corrected chi connectivity index (χ0v) is 12.7. The molecule has 1 aliphatic heterocycles. The van der Waals surface area contributed by atoms with Gasteiger partial charge in [-0.05, 0) is 32.2 Å². The third-order valence-corrected chi connectivity index (χ3v) is 4.19. The smallest absolute Gasteiger partial charge is 0.335 e. The van der Waals surface area contributed by atoms with E-state index in [2.05, 4.69) is 17.0 Å². The van der Waals surface area contributed by atoms with E-state index in [0.717, 1.165) is 30.9 Å². The van der Waals surface area contributed by atoms with Crippen molar-refractivity contribution in [2.24, 2.45) is 0 Å². The van der Waals surface area contributed by atoms with Gasteiger partial charge < -0.3 is 10.0 Å². The third-order valence-electron chi connectivity index (χ3n) is 3.87. The van der Waals surface area contributed by atoms with Gasteiger partial charge in [0.1, 0.15) is 0 Å². The van der Waals surface area contributed by atoms with E-state index in [9.17, 15) is 4.79 Å². The van der Waals surface area contributed by atoms with Crippen LogP contribution in [0.15, 0.2) is 18.2 Å². The van der Waals surface area contributed by atoms with Crippen LogP contribution in [-0.2, 0) is 13.0 Å². The Labute approximate surface area is 127 Å². The number of benzene rings is 1. The highest BCUT2D eigenvalue weighted by atomic mass is 35.5. The average molecular weight is 306 g/mol. The number of aromatic nitrogens is 2. The Hall–Kier alpha value is -1.85. The van der Waals surface area contributed by atoms with Gasteiger partial charge in [-0.2, -0.15) is 5.10 Å². The maximum absolute atomic E-state index is 11.2. The summed E-state index contributed by atoms with van der Waals surface area (Å²) in [6, 6.07) is 4.69. The van der Waals surface area contributed by atoms with Gasteiger partial charge in [-0.1, -0.05) is 11.6 Å². The van der Waals surface area contributed by atoms with E-state index in [4.69, 9.17) is 16.7 Å². The van der Waals surface area contributed by atoms with E-state index >= 15 is 0 Å². The Bertz CT molecular complexity index is 724. The van der Waals surface area contributed by atoms with Crippen LogP contribution in [0.5, 0.6) is 0 Å². The van der Waals surface area contributed by atoms with Crippen LogP contribution in [0.25, 0.3) is 5.69 Å². The minimum Gasteiger partial charge on any atom is -0.478 e. The second-order valence-corrected chi connectivity index (χ2v) is 5.79. The van der Waals surface area contributed by atoms with Crippen LogP contribution < -0.4 is 0 Å². The number of carbonyl (C=O) groups is 1. The van der Waals surface area contributed by atoms with Crippen LogP contribution in [0.3, 0.4) is 0 Å². The molecule has 0 aliphatic carbocycles. The topological polar surface area (TPSA) is 58.4 Å². The highest BCUT2D eigenvalue weighted by Crippen LogP contribution is 2.28. The van der Waals surface area contributed by atoms with Crippen molar-refractivity contribution in [3.63, 3.8) is 0 Å². The molecule has 6 heteroatoms. The summed E-state index contributed by atoms with van der Waals surface area (Å²) in [5.41, 5.74) is 4.14. The fourth-order valence-electron chi connectivity index (χ4n) is 2.72. The second-order valence-electron chi connectivity index (χ2n) is 5.38. The van der Waals surface area contributed by atoms with Crippen molar-refractivity contribution in [3.8, 4) is 5.69 Å². The first kappa shape index (κ1) is 14.1. The van der Waals surface area contributed by atoms with E-state index in [0.29, 0.717) is 10.7 Å². The van der Waals surface area contributed by atoms with Gasteiger partial charge in [0.15, 0.2) is 0 Å². The number of carboxylic acids is 1. The number of aromatic carboxylic acids is 1. The van der Waals surface area contributed by atoms with Crippen LogP contribution in [0.2, 0.25) is 5.02 Å². The summed E-state index contributed by atoms with van der Waals surface area (Å²) in [5, 5.41) is 14.2. The fourth-order valence-corrected chi connectivity index (χ4v) is 2.92. The summed E-state index contributed by atoms with van der Waals surface area (Å²) in [6.07, 6.45) is 0.875. The van der Waals surface area contributed by atoms with Crippen LogP contribution >= 0.6 is 11.6 Å². The highest BCUT2D eigenvalue weighted by Gasteiger charge is 2.23. The van der Waals surface area contributed by atoms with Gasteiger partial charge in [0.05, 0.1) is 27.7 Å².